The van der Waals surface area contributed by atoms with Crippen LogP contribution in [0.3, 0.4) is 0 Å². The number of aliphatic hydroxyl groups excluding tert-OH is 1. The zero-order valence-electron chi connectivity index (χ0n) is 21.2. The van der Waals surface area contributed by atoms with Crippen molar-refractivity contribution in [1.82, 2.24) is 20.3 Å². The summed E-state index contributed by atoms with van der Waals surface area (Å²) in [4.78, 5) is 17.2. The van der Waals surface area contributed by atoms with Gasteiger partial charge in [0.25, 0.3) is 6.47 Å². The minimum atomic E-state index is -0.993. The average molecular weight is 570 g/mol. The molecule has 3 aliphatic heterocycles. The average Bonchev–Trinajstić information content (AvgIpc) is 3.62. The molecule has 39 heavy (non-hydrogen) atoms. The van der Waals surface area contributed by atoms with Crippen LogP contribution in [0.1, 0.15) is 31.7 Å². The molecule has 5 rings (SSSR count). The monoisotopic (exact) mass is 569 g/mol. The summed E-state index contributed by atoms with van der Waals surface area (Å²) in [6.45, 7) is 1.70. The summed E-state index contributed by atoms with van der Waals surface area (Å²) in [6, 6.07) is 1.31. The van der Waals surface area contributed by atoms with E-state index in [9.17, 15) is 18.7 Å². The summed E-state index contributed by atoms with van der Waals surface area (Å²) < 4.78 is 46.9. The van der Waals surface area contributed by atoms with Crippen LogP contribution in [0, 0.1) is 17.6 Å². The van der Waals surface area contributed by atoms with Crippen LogP contribution in [-0.4, -0.2) is 89.6 Å². The number of carbonyl (C=O) groups excluding carboxylic acids is 1. The molecule has 0 aliphatic carbocycles. The zero-order chi connectivity index (χ0) is 27.5. The van der Waals surface area contributed by atoms with Gasteiger partial charge in [-0.25, -0.2) is 13.5 Å². The van der Waals surface area contributed by atoms with Gasteiger partial charge in [-0.1, -0.05) is 22.0 Å². The standard InChI is InChI=1S/C25H30ClF2N5O6/c1-36-24-20(9-15-8-18(31-39-15)13-2-4-29-5-3-13)38-21(11-34)25(37-12-35)23(24)33-10-19(30-32-33)14-6-16(27)22(26)17(28)7-14/h6-7,10,12-13,15,20-21,23-25,29,34H,2-5,8-9,11H2,1H3/t15?,20-,21-,23+,24+,25+/m1/s1. The smallest absolute Gasteiger partial charge is 0.293 e. The molecule has 14 heteroatoms. The summed E-state index contributed by atoms with van der Waals surface area (Å²) in [5, 5.41) is 25.4. The number of carbonyl (C=O) groups is 1. The topological polar surface area (TPSA) is 129 Å². The Morgan fingerprint density at radius 3 is 2.64 bits per heavy atom. The van der Waals surface area contributed by atoms with Gasteiger partial charge >= 0.3 is 0 Å². The van der Waals surface area contributed by atoms with Crippen LogP contribution in [0.2, 0.25) is 5.02 Å². The van der Waals surface area contributed by atoms with E-state index < -0.39 is 53.7 Å². The molecule has 0 amide bonds. The molecule has 2 N–H and O–H groups in total. The molecule has 212 valence electrons. The van der Waals surface area contributed by atoms with E-state index in [0.29, 0.717) is 18.8 Å². The second-order valence-electron chi connectivity index (χ2n) is 9.90. The zero-order valence-corrected chi connectivity index (χ0v) is 22.0. The molecule has 11 nitrogen and oxygen atoms in total. The first-order valence-corrected chi connectivity index (χ1v) is 13.2. The molecule has 1 aromatic heterocycles. The fraction of sp³-hybridized carbons (Fsp3) is 0.600. The Kier molecular flexibility index (Phi) is 8.72. The van der Waals surface area contributed by atoms with Gasteiger partial charge < -0.3 is 29.5 Å². The molecule has 2 fully saturated rings. The van der Waals surface area contributed by atoms with Crippen molar-refractivity contribution in [2.24, 2.45) is 11.1 Å². The highest BCUT2D eigenvalue weighted by Crippen LogP contribution is 2.37. The van der Waals surface area contributed by atoms with Crippen molar-refractivity contribution in [3.63, 3.8) is 0 Å². The van der Waals surface area contributed by atoms with Gasteiger partial charge in [0.2, 0.25) is 0 Å². The fourth-order valence-corrected chi connectivity index (χ4v) is 5.77. The Bertz CT molecular complexity index is 1170. The van der Waals surface area contributed by atoms with Gasteiger partial charge in [0.05, 0.1) is 24.6 Å². The number of aromatic nitrogens is 3. The molecule has 4 heterocycles. The van der Waals surface area contributed by atoms with Gasteiger partial charge in [-0.15, -0.1) is 5.10 Å². The highest BCUT2D eigenvalue weighted by Gasteiger charge is 2.50. The minimum Gasteiger partial charge on any atom is -0.459 e. The molecule has 1 unspecified atom stereocenters. The molecule has 0 bridgehead atoms. The van der Waals surface area contributed by atoms with Crippen LogP contribution in [0.4, 0.5) is 8.78 Å². The third-order valence-corrected chi connectivity index (χ3v) is 7.94. The van der Waals surface area contributed by atoms with E-state index in [1.807, 2.05) is 0 Å². The van der Waals surface area contributed by atoms with Gasteiger partial charge in [-0.05, 0) is 38.1 Å². The van der Waals surface area contributed by atoms with Gasteiger partial charge in [-0.3, -0.25) is 4.79 Å². The Morgan fingerprint density at radius 2 is 1.97 bits per heavy atom. The van der Waals surface area contributed by atoms with E-state index in [4.69, 9.17) is 30.6 Å². The fourth-order valence-electron chi connectivity index (χ4n) is 5.66. The molecule has 1 aromatic carbocycles. The highest BCUT2D eigenvalue weighted by molar-refractivity contribution is 6.31. The molecule has 2 aromatic rings. The van der Waals surface area contributed by atoms with Gasteiger partial charge in [0.15, 0.2) is 6.10 Å². The van der Waals surface area contributed by atoms with Crippen molar-refractivity contribution in [3.8, 4) is 11.3 Å². The maximum Gasteiger partial charge on any atom is 0.293 e. The SMILES string of the molecule is CO[C@@H]1[C@H](n2cc(-c3cc(F)c(Cl)c(F)c3)nn2)[C@@H](OC=O)[C@@H](CO)O[C@@H]1CC1CC(C2CCNCC2)=NO1. The summed E-state index contributed by atoms with van der Waals surface area (Å²) in [5.74, 6) is -1.50. The van der Waals surface area contributed by atoms with Gasteiger partial charge in [-0.2, -0.15) is 0 Å². The third-order valence-electron chi connectivity index (χ3n) is 7.58. The summed E-state index contributed by atoms with van der Waals surface area (Å²) in [6.07, 6.45) is 1.07. The molecular formula is C25H30ClF2N5O6. The first kappa shape index (κ1) is 27.8. The molecule has 3 aliphatic rings. The Labute approximate surface area is 228 Å². The van der Waals surface area contributed by atoms with Crippen LogP contribution in [-0.2, 0) is 23.8 Å². The Morgan fingerprint density at radius 1 is 1.23 bits per heavy atom. The number of nitrogens with one attached hydrogen (secondary N) is 1. The van der Waals surface area contributed by atoms with Crippen LogP contribution < -0.4 is 5.32 Å². The third kappa shape index (κ3) is 5.78. The Hall–Kier alpha value is -2.71. The number of halogens is 3. The van der Waals surface area contributed by atoms with Gasteiger partial charge in [0.1, 0.15) is 46.7 Å². The Balaban J connectivity index is 1.39. The van der Waals surface area contributed by atoms with E-state index in [0.717, 1.165) is 43.8 Å². The lowest BCUT2D eigenvalue weighted by Crippen LogP contribution is -2.58. The number of benzene rings is 1. The second kappa shape index (κ2) is 12.2. The van der Waals surface area contributed by atoms with Crippen molar-refractivity contribution in [1.29, 1.82) is 0 Å². The molecule has 6 atom stereocenters. The summed E-state index contributed by atoms with van der Waals surface area (Å²) in [5.41, 5.74) is 1.31. The number of oxime groups is 1. The lowest BCUT2D eigenvalue weighted by atomic mass is 9.86. The van der Waals surface area contributed by atoms with Crippen molar-refractivity contribution in [2.75, 3.05) is 26.8 Å². The normalized spacial score (nSPS) is 29.6. The van der Waals surface area contributed by atoms with E-state index in [-0.39, 0.29) is 23.8 Å². The first-order valence-electron chi connectivity index (χ1n) is 12.8. The number of nitrogens with zero attached hydrogens (tertiary/aromatic N) is 4. The predicted octanol–water partition coefficient (Wildman–Crippen LogP) is 2.27. The van der Waals surface area contributed by atoms with Crippen LogP contribution >= 0.6 is 11.6 Å². The number of hydrogen-bond donors (Lipinski definition) is 2. The van der Waals surface area contributed by atoms with Crippen LogP contribution in [0.25, 0.3) is 11.3 Å². The maximum absolute atomic E-state index is 14.1. The van der Waals surface area contributed by atoms with E-state index in [1.165, 1.54) is 18.0 Å². The van der Waals surface area contributed by atoms with Crippen molar-refractivity contribution >= 4 is 23.8 Å². The minimum absolute atomic E-state index is 0.117. The lowest BCUT2D eigenvalue weighted by Gasteiger charge is -2.45. The number of aliphatic hydroxyl groups is 1. The number of hydrogen-bond acceptors (Lipinski definition) is 10. The highest BCUT2D eigenvalue weighted by atomic mass is 35.5. The number of rotatable bonds is 9. The molecular weight excluding hydrogens is 540 g/mol. The number of ether oxygens (including phenoxy) is 3. The molecule has 0 radical (unpaired) electrons. The quantitative estimate of drug-likeness (QED) is 0.345. The van der Waals surface area contributed by atoms with E-state index in [2.05, 4.69) is 20.8 Å². The van der Waals surface area contributed by atoms with E-state index in [1.54, 1.807) is 0 Å². The van der Waals surface area contributed by atoms with Crippen molar-refractivity contribution in [3.05, 3.63) is 35.0 Å². The lowest BCUT2D eigenvalue weighted by molar-refractivity contribution is -0.225. The van der Waals surface area contributed by atoms with Crippen molar-refractivity contribution < 1.29 is 37.7 Å². The van der Waals surface area contributed by atoms with Crippen LogP contribution in [0.15, 0.2) is 23.5 Å². The maximum atomic E-state index is 14.1. The number of methoxy groups -OCH3 is 1. The number of piperidine rings is 1. The molecule has 2 saturated heterocycles. The van der Waals surface area contributed by atoms with Gasteiger partial charge in [0, 0.05) is 31.4 Å². The molecule has 0 saturated carbocycles. The van der Waals surface area contributed by atoms with E-state index >= 15 is 0 Å². The van der Waals surface area contributed by atoms with Crippen LogP contribution in [0.5, 0.6) is 0 Å². The largest absolute Gasteiger partial charge is 0.459 e. The predicted molar refractivity (Wildman–Crippen MR) is 134 cm³/mol. The van der Waals surface area contributed by atoms with Crippen molar-refractivity contribution in [2.45, 2.75) is 62.2 Å². The first-order chi connectivity index (χ1) is 18.9. The second-order valence-corrected chi connectivity index (χ2v) is 10.3. The summed E-state index contributed by atoms with van der Waals surface area (Å²) in [7, 11) is 1.49. The summed E-state index contributed by atoms with van der Waals surface area (Å²) >= 11 is 5.61. The molecule has 0 spiro atoms.